The van der Waals surface area contributed by atoms with Crippen molar-refractivity contribution in [2.24, 2.45) is 4.99 Å². The zero-order chi connectivity index (χ0) is 22.2. The molecule has 1 unspecified atom stereocenters. The van der Waals surface area contributed by atoms with Crippen LogP contribution in [0.1, 0.15) is 22.7 Å². The average Bonchev–Trinajstić information content (AvgIpc) is 2.64. The number of nitrogens with one attached hydrogen (secondary N) is 2. The molecule has 1 atom stereocenters. The second-order valence-corrected chi connectivity index (χ2v) is 5.73. The number of pyridine rings is 1. The Labute approximate surface area is 164 Å². The van der Waals surface area contributed by atoms with Gasteiger partial charge in [0, 0.05) is 11.1 Å². The molecule has 0 fully saturated rings. The molecule has 1 aliphatic rings. The molecule has 0 spiro atoms. The van der Waals surface area contributed by atoms with E-state index in [0.717, 1.165) is 6.07 Å². The van der Waals surface area contributed by atoms with Crippen molar-refractivity contribution in [2.75, 3.05) is 16.8 Å². The van der Waals surface area contributed by atoms with E-state index in [1.54, 1.807) is 12.3 Å². The maximum absolute atomic E-state index is 14.9. The molecule has 2 heterocycles. The number of hydrogen-bond acceptors (Lipinski definition) is 9. The summed E-state index contributed by atoms with van der Waals surface area (Å²) < 4.78 is 69.8. The van der Waals surface area contributed by atoms with Gasteiger partial charge >= 0.3 is 6.36 Å². The van der Waals surface area contributed by atoms with Crippen LogP contribution < -0.4 is 26.8 Å². The lowest BCUT2D eigenvalue weighted by atomic mass is 9.94. The summed E-state index contributed by atoms with van der Waals surface area (Å²) in [7, 11) is 0. The first kappa shape index (κ1) is 20.4. The fraction of sp³-hybridized carbons (Fsp3) is 0.125. The summed E-state index contributed by atoms with van der Waals surface area (Å²) in [6.45, 7) is 0. The van der Waals surface area contributed by atoms with Crippen molar-refractivity contribution >= 4 is 23.3 Å². The number of aliphatic imine (C=N–C) groups is 1. The molecule has 1 aliphatic heterocycles. The molecule has 0 radical (unpaired) electrons. The molecule has 1 aromatic carbocycles. The van der Waals surface area contributed by atoms with E-state index in [-0.39, 0.29) is 34.4 Å². The Hall–Kier alpha value is -4.33. The highest BCUT2D eigenvalue weighted by Gasteiger charge is 2.37. The zero-order valence-electron chi connectivity index (χ0n) is 14.5. The normalized spacial score (nSPS) is 15.2. The topological polar surface area (TPSA) is 158 Å². The van der Waals surface area contributed by atoms with Crippen LogP contribution in [0.3, 0.4) is 0 Å². The quantitative estimate of drug-likeness (QED) is 0.325. The Morgan fingerprint density at radius 3 is 2.50 bits per heavy atom. The minimum Gasteiger partial charge on any atom is -0.399 e. The highest BCUT2D eigenvalue weighted by Crippen LogP contribution is 2.43. The van der Waals surface area contributed by atoms with Crippen LogP contribution in [-0.4, -0.2) is 17.3 Å². The third kappa shape index (κ3) is 3.53. The molecule has 6 N–H and O–H groups in total. The molecule has 2 aromatic rings. The molecule has 154 valence electrons. The largest absolute Gasteiger partial charge is 0.573 e. The molecular weight excluding hydrogens is 415 g/mol. The molecule has 0 aliphatic carbocycles. The number of rotatable bonds is 2. The number of ether oxygens (including phenoxy) is 1. The fourth-order valence-corrected chi connectivity index (χ4v) is 2.77. The number of fused-ring (bicyclic) bond motifs is 1. The van der Waals surface area contributed by atoms with Crippen molar-refractivity contribution in [3.8, 4) is 18.0 Å². The lowest BCUT2D eigenvalue weighted by Gasteiger charge is -2.26. The van der Waals surface area contributed by atoms with Gasteiger partial charge in [0.1, 0.15) is 29.3 Å². The van der Waals surface area contributed by atoms with Crippen LogP contribution in [0.5, 0.6) is 5.75 Å². The van der Waals surface area contributed by atoms with Crippen molar-refractivity contribution < 1.29 is 26.7 Å². The lowest BCUT2D eigenvalue weighted by Crippen LogP contribution is -2.33. The highest BCUT2D eigenvalue weighted by atomic mass is 19.4. The van der Waals surface area contributed by atoms with Crippen LogP contribution in [0.25, 0.3) is 0 Å². The van der Waals surface area contributed by atoms with Gasteiger partial charge in [-0.2, -0.15) is 10.5 Å². The van der Waals surface area contributed by atoms with Crippen molar-refractivity contribution in [1.29, 1.82) is 10.5 Å². The number of hydrogen-bond donors (Lipinski definition) is 4. The Balaban J connectivity index is 2.27. The molecule has 9 nitrogen and oxygen atoms in total. The van der Waals surface area contributed by atoms with Gasteiger partial charge in [0.15, 0.2) is 17.8 Å². The number of nitrogens with zero attached hydrogens (tertiary/aromatic N) is 4. The predicted octanol–water partition coefficient (Wildman–Crippen LogP) is 2.24. The summed E-state index contributed by atoms with van der Waals surface area (Å²) in [5.41, 5.74) is 10.3. The van der Waals surface area contributed by atoms with Gasteiger partial charge in [-0.1, -0.05) is 6.07 Å². The minimum absolute atomic E-state index is 0.118. The second-order valence-electron chi connectivity index (χ2n) is 5.73. The van der Waals surface area contributed by atoms with Crippen molar-refractivity contribution in [3.63, 3.8) is 0 Å². The molecular formula is C16H9F5N8O. The summed E-state index contributed by atoms with van der Waals surface area (Å²) in [5.74, 6) is -5.72. The Morgan fingerprint density at radius 1 is 1.20 bits per heavy atom. The van der Waals surface area contributed by atoms with E-state index in [9.17, 15) is 27.2 Å². The van der Waals surface area contributed by atoms with Crippen LogP contribution in [0.15, 0.2) is 17.1 Å². The van der Waals surface area contributed by atoms with Crippen LogP contribution in [0.2, 0.25) is 0 Å². The number of halogens is 5. The molecule has 0 amide bonds. The van der Waals surface area contributed by atoms with E-state index >= 15 is 0 Å². The Bertz CT molecular complexity index is 1150. The second kappa shape index (κ2) is 7.25. The van der Waals surface area contributed by atoms with Gasteiger partial charge in [0.2, 0.25) is 11.7 Å². The van der Waals surface area contributed by atoms with Gasteiger partial charge in [0.05, 0.1) is 5.69 Å². The van der Waals surface area contributed by atoms with Crippen molar-refractivity contribution in [1.82, 2.24) is 10.3 Å². The number of anilines is 3. The lowest BCUT2D eigenvalue weighted by molar-refractivity contribution is -0.276. The van der Waals surface area contributed by atoms with Gasteiger partial charge in [-0.05, 0) is 6.07 Å². The van der Waals surface area contributed by atoms with Crippen molar-refractivity contribution in [3.05, 3.63) is 40.5 Å². The number of benzene rings is 1. The molecule has 14 heteroatoms. The number of aromatic nitrogens is 1. The predicted molar refractivity (Wildman–Crippen MR) is 92.5 cm³/mol. The van der Waals surface area contributed by atoms with Gasteiger partial charge in [-0.25, -0.2) is 18.8 Å². The third-order valence-corrected chi connectivity index (χ3v) is 3.95. The molecule has 3 rings (SSSR count). The van der Waals surface area contributed by atoms with Crippen LogP contribution in [0, 0.1) is 34.4 Å². The Kier molecular flexibility index (Phi) is 4.93. The summed E-state index contributed by atoms with van der Waals surface area (Å²) in [5, 5.41) is 22.7. The summed E-state index contributed by atoms with van der Waals surface area (Å²) in [4.78, 5) is 7.89. The van der Waals surface area contributed by atoms with Gasteiger partial charge in [-0.3, -0.25) is 5.32 Å². The summed E-state index contributed by atoms with van der Waals surface area (Å²) in [6.07, 6.45) is -3.82. The smallest absolute Gasteiger partial charge is 0.399 e. The van der Waals surface area contributed by atoms with Crippen LogP contribution in [0.4, 0.5) is 39.3 Å². The van der Waals surface area contributed by atoms with E-state index in [2.05, 4.69) is 25.3 Å². The summed E-state index contributed by atoms with van der Waals surface area (Å²) in [6, 6.07) is 1.55. The van der Waals surface area contributed by atoms with E-state index < -0.39 is 35.4 Å². The summed E-state index contributed by atoms with van der Waals surface area (Å²) >= 11 is 0. The first-order valence-electron chi connectivity index (χ1n) is 7.79. The number of nitriles is 2. The maximum atomic E-state index is 14.9. The molecule has 0 saturated carbocycles. The SMILES string of the molecule is N#CNC1=NC(c2ccc(F)c(OC(F)(F)F)c2F)c2c(nc(N)c(C#N)c2N)N1. The monoisotopic (exact) mass is 424 g/mol. The highest BCUT2D eigenvalue weighted by molar-refractivity contribution is 5.98. The minimum atomic E-state index is -5.37. The van der Waals surface area contributed by atoms with Gasteiger partial charge in [0.25, 0.3) is 0 Å². The maximum Gasteiger partial charge on any atom is 0.573 e. The van der Waals surface area contributed by atoms with Crippen LogP contribution >= 0.6 is 0 Å². The number of guanidine groups is 1. The van der Waals surface area contributed by atoms with Crippen LogP contribution in [-0.2, 0) is 0 Å². The number of nitrogens with two attached hydrogens (primary N) is 2. The van der Waals surface area contributed by atoms with Gasteiger partial charge < -0.3 is 21.5 Å². The first-order valence-corrected chi connectivity index (χ1v) is 7.79. The molecule has 30 heavy (non-hydrogen) atoms. The van der Waals surface area contributed by atoms with E-state index in [1.165, 1.54) is 0 Å². The standard InChI is InChI=1S/C16H9F5N8O/c17-7-2-1-5(9(18)12(7)30-16(19,20)21)11-8-10(24)6(3-22)13(25)28-14(8)29-15(27-11)26-4-23/h1-2,11H,(H6,24,25,26,27,28,29). The first-order chi connectivity index (χ1) is 14.1. The molecule has 0 bridgehead atoms. The van der Waals surface area contributed by atoms with E-state index in [4.69, 9.17) is 16.7 Å². The number of nitrogen functional groups attached to an aromatic ring is 2. The number of alkyl halides is 3. The average molecular weight is 424 g/mol. The van der Waals surface area contributed by atoms with E-state index in [0.29, 0.717) is 6.07 Å². The Morgan fingerprint density at radius 2 is 1.90 bits per heavy atom. The van der Waals surface area contributed by atoms with Crippen molar-refractivity contribution in [2.45, 2.75) is 12.4 Å². The van der Waals surface area contributed by atoms with E-state index in [1.807, 2.05) is 0 Å². The third-order valence-electron chi connectivity index (χ3n) is 3.95. The zero-order valence-corrected chi connectivity index (χ0v) is 14.5. The van der Waals surface area contributed by atoms with Gasteiger partial charge in [-0.15, -0.1) is 13.2 Å². The fourth-order valence-electron chi connectivity index (χ4n) is 2.77. The molecule has 1 aromatic heterocycles. The molecule has 0 saturated heterocycles.